The van der Waals surface area contributed by atoms with Gasteiger partial charge < -0.3 is 4.90 Å². The Morgan fingerprint density at radius 3 is 2.56 bits per heavy atom. The molecule has 1 aliphatic heterocycles. The lowest BCUT2D eigenvalue weighted by molar-refractivity contribution is -0.120. The van der Waals surface area contributed by atoms with Gasteiger partial charge in [0.15, 0.2) is 0 Å². The van der Waals surface area contributed by atoms with Gasteiger partial charge in [-0.3, -0.25) is 4.79 Å². The molecule has 2 aromatic rings. The summed E-state index contributed by atoms with van der Waals surface area (Å²) < 4.78 is 25.4. The molecule has 1 atom stereocenters. The molecule has 0 N–H and O–H groups in total. The molecule has 0 aliphatic carbocycles. The summed E-state index contributed by atoms with van der Waals surface area (Å²) in [4.78, 5) is 15.3. The highest BCUT2D eigenvalue weighted by atomic mass is 35.5. The van der Waals surface area contributed by atoms with Crippen LogP contribution < -0.4 is 5.01 Å². The fourth-order valence-electron chi connectivity index (χ4n) is 2.88. The molecule has 142 valence electrons. The summed E-state index contributed by atoms with van der Waals surface area (Å²) in [6.07, 6.45) is 0. The molecule has 0 spiro atoms. The number of carbonyl (C=O) groups is 1. The number of hydrazone groups is 1. The zero-order chi connectivity index (χ0) is 19.6. The van der Waals surface area contributed by atoms with Crippen LogP contribution in [0.25, 0.3) is 0 Å². The number of hydrogen-bond donors (Lipinski definition) is 0. The molecule has 0 radical (unpaired) electrons. The molecule has 0 saturated carbocycles. The molecule has 2 aromatic carbocycles. The SMILES string of the molecule is CN(C)CC1C(=O)N(c2ccc(Cl)cc2)N=C1c1cccc(SC(F)F)c1. The van der Waals surface area contributed by atoms with E-state index in [4.69, 9.17) is 11.6 Å². The Kier molecular flexibility index (Phi) is 6.14. The normalized spacial score (nSPS) is 17.1. The number of carbonyl (C=O) groups excluding carboxylic acids is 1. The highest BCUT2D eigenvalue weighted by molar-refractivity contribution is 7.99. The first-order chi connectivity index (χ1) is 12.8. The van der Waals surface area contributed by atoms with E-state index in [-0.39, 0.29) is 5.91 Å². The van der Waals surface area contributed by atoms with Gasteiger partial charge in [-0.15, -0.1) is 0 Å². The minimum absolute atomic E-state index is 0.159. The lowest BCUT2D eigenvalue weighted by Crippen LogP contribution is -2.35. The van der Waals surface area contributed by atoms with Gasteiger partial charge >= 0.3 is 0 Å². The molecule has 8 heteroatoms. The first kappa shape index (κ1) is 19.8. The minimum atomic E-state index is -2.50. The average molecular weight is 410 g/mol. The van der Waals surface area contributed by atoms with Crippen molar-refractivity contribution in [3.8, 4) is 0 Å². The van der Waals surface area contributed by atoms with Gasteiger partial charge in [0.05, 0.1) is 17.3 Å². The fourth-order valence-corrected chi connectivity index (χ4v) is 3.56. The molecule has 0 fully saturated rings. The Morgan fingerprint density at radius 1 is 1.22 bits per heavy atom. The van der Waals surface area contributed by atoms with Crippen molar-refractivity contribution in [2.45, 2.75) is 10.7 Å². The predicted octanol–water partition coefficient (Wildman–Crippen LogP) is 4.58. The number of anilines is 1. The van der Waals surface area contributed by atoms with Crippen molar-refractivity contribution in [1.82, 2.24) is 4.90 Å². The van der Waals surface area contributed by atoms with Crippen LogP contribution >= 0.6 is 23.4 Å². The van der Waals surface area contributed by atoms with Crippen LogP contribution in [0.15, 0.2) is 58.5 Å². The molecule has 4 nitrogen and oxygen atoms in total. The van der Waals surface area contributed by atoms with Crippen LogP contribution in [-0.4, -0.2) is 42.9 Å². The summed E-state index contributed by atoms with van der Waals surface area (Å²) in [5.74, 6) is -3.15. The highest BCUT2D eigenvalue weighted by Crippen LogP contribution is 2.31. The number of benzene rings is 2. The van der Waals surface area contributed by atoms with E-state index in [1.165, 1.54) is 5.01 Å². The standard InChI is InChI=1S/C19H18ClF2N3OS/c1-24(2)11-16-17(12-4-3-5-15(10-12)27-19(21)22)23-25(18(16)26)14-8-6-13(20)7-9-14/h3-10,16,19H,11H2,1-2H3. The van der Waals surface area contributed by atoms with E-state index in [1.54, 1.807) is 48.5 Å². The number of nitrogens with zero attached hydrogens (tertiary/aromatic N) is 3. The fraction of sp³-hybridized carbons (Fsp3) is 0.263. The number of alkyl halides is 2. The maximum atomic E-state index is 13.0. The molecule has 1 aliphatic rings. The van der Waals surface area contributed by atoms with Crippen LogP contribution in [0.1, 0.15) is 5.56 Å². The first-order valence-electron chi connectivity index (χ1n) is 8.23. The van der Waals surface area contributed by atoms with Gasteiger partial charge in [-0.25, -0.2) is 0 Å². The van der Waals surface area contributed by atoms with Crippen molar-refractivity contribution in [3.63, 3.8) is 0 Å². The Labute approximate surface area is 165 Å². The number of amides is 1. The van der Waals surface area contributed by atoms with E-state index in [0.29, 0.717) is 45.2 Å². The van der Waals surface area contributed by atoms with Crippen molar-refractivity contribution in [2.24, 2.45) is 11.0 Å². The van der Waals surface area contributed by atoms with Crippen molar-refractivity contribution in [1.29, 1.82) is 0 Å². The van der Waals surface area contributed by atoms with E-state index in [9.17, 15) is 13.6 Å². The van der Waals surface area contributed by atoms with Crippen LogP contribution in [0.5, 0.6) is 0 Å². The van der Waals surface area contributed by atoms with Gasteiger partial charge in [0.2, 0.25) is 0 Å². The van der Waals surface area contributed by atoms with Crippen LogP contribution in [0.3, 0.4) is 0 Å². The maximum Gasteiger partial charge on any atom is 0.288 e. The Bertz CT molecular complexity index is 858. The molecule has 27 heavy (non-hydrogen) atoms. The van der Waals surface area contributed by atoms with E-state index in [1.807, 2.05) is 19.0 Å². The molecule has 3 rings (SSSR count). The zero-order valence-electron chi connectivity index (χ0n) is 14.8. The van der Waals surface area contributed by atoms with Gasteiger partial charge in [-0.05, 0) is 56.1 Å². The van der Waals surface area contributed by atoms with Crippen molar-refractivity contribution in [2.75, 3.05) is 25.6 Å². The van der Waals surface area contributed by atoms with Crippen LogP contribution in [0.4, 0.5) is 14.5 Å². The Balaban J connectivity index is 1.99. The second kappa shape index (κ2) is 8.37. The van der Waals surface area contributed by atoms with E-state index < -0.39 is 11.7 Å². The highest BCUT2D eigenvalue weighted by Gasteiger charge is 2.37. The first-order valence-corrected chi connectivity index (χ1v) is 9.49. The average Bonchev–Trinajstić information content (AvgIpc) is 2.92. The van der Waals surface area contributed by atoms with E-state index in [2.05, 4.69) is 5.10 Å². The monoisotopic (exact) mass is 409 g/mol. The minimum Gasteiger partial charge on any atom is -0.308 e. The number of halogens is 3. The molecule has 0 aromatic heterocycles. The predicted molar refractivity (Wildman–Crippen MR) is 106 cm³/mol. The number of hydrogen-bond acceptors (Lipinski definition) is 4. The second-order valence-electron chi connectivity index (χ2n) is 6.33. The van der Waals surface area contributed by atoms with Gasteiger partial charge in [0, 0.05) is 16.5 Å². The summed E-state index contributed by atoms with van der Waals surface area (Å²) in [5.41, 5.74) is 1.85. The smallest absolute Gasteiger partial charge is 0.288 e. The maximum absolute atomic E-state index is 13.0. The molecular formula is C19H18ClF2N3OS. The summed E-state index contributed by atoms with van der Waals surface area (Å²) in [6, 6.07) is 13.6. The second-order valence-corrected chi connectivity index (χ2v) is 7.83. The third-order valence-electron chi connectivity index (χ3n) is 4.02. The van der Waals surface area contributed by atoms with Gasteiger partial charge in [0.25, 0.3) is 11.7 Å². The quantitative estimate of drug-likeness (QED) is 0.655. The summed E-state index contributed by atoms with van der Waals surface area (Å²) in [5, 5.41) is 6.45. The molecule has 0 bridgehead atoms. The topological polar surface area (TPSA) is 35.9 Å². The summed E-state index contributed by atoms with van der Waals surface area (Å²) >= 11 is 6.40. The molecule has 1 amide bonds. The number of rotatable bonds is 6. The Morgan fingerprint density at radius 2 is 1.93 bits per heavy atom. The van der Waals surface area contributed by atoms with E-state index >= 15 is 0 Å². The lowest BCUT2D eigenvalue weighted by Gasteiger charge is -2.18. The van der Waals surface area contributed by atoms with Crippen molar-refractivity contribution in [3.05, 3.63) is 59.1 Å². The van der Waals surface area contributed by atoms with Crippen LogP contribution in [-0.2, 0) is 4.79 Å². The molecule has 1 unspecified atom stereocenters. The number of thioether (sulfide) groups is 1. The van der Waals surface area contributed by atoms with E-state index in [0.717, 1.165) is 0 Å². The third kappa shape index (κ3) is 4.66. The van der Waals surface area contributed by atoms with Crippen molar-refractivity contribution < 1.29 is 13.6 Å². The summed E-state index contributed by atoms with van der Waals surface area (Å²) in [7, 11) is 3.75. The Hall–Kier alpha value is -1.96. The largest absolute Gasteiger partial charge is 0.308 e. The molecule has 1 heterocycles. The van der Waals surface area contributed by atoms with Crippen molar-refractivity contribution >= 4 is 40.7 Å². The third-order valence-corrected chi connectivity index (χ3v) is 4.97. The zero-order valence-corrected chi connectivity index (χ0v) is 16.3. The van der Waals surface area contributed by atoms with Gasteiger partial charge in [0.1, 0.15) is 0 Å². The van der Waals surface area contributed by atoms with Gasteiger partial charge in [-0.2, -0.15) is 18.9 Å². The lowest BCUT2D eigenvalue weighted by atomic mass is 9.96. The van der Waals surface area contributed by atoms with Crippen LogP contribution in [0, 0.1) is 5.92 Å². The molecular weight excluding hydrogens is 392 g/mol. The van der Waals surface area contributed by atoms with Gasteiger partial charge in [-0.1, -0.05) is 35.5 Å². The van der Waals surface area contributed by atoms with Crippen LogP contribution in [0.2, 0.25) is 5.02 Å². The summed E-state index contributed by atoms with van der Waals surface area (Å²) in [6.45, 7) is 0.466. The molecule has 0 saturated heterocycles.